The van der Waals surface area contributed by atoms with Gasteiger partial charge in [-0.2, -0.15) is 0 Å². The fourth-order valence-corrected chi connectivity index (χ4v) is 2.21. The zero-order valence-electron chi connectivity index (χ0n) is 12.0. The van der Waals surface area contributed by atoms with Crippen molar-refractivity contribution < 1.29 is 9.90 Å². The molecule has 110 valence electrons. The molecular weight excluding hydrogens is 288 g/mol. The number of carboxylic acids is 1. The Labute approximate surface area is 128 Å². The quantitative estimate of drug-likeness (QED) is 0.857. The van der Waals surface area contributed by atoms with Crippen LogP contribution in [-0.2, 0) is 6.42 Å². The van der Waals surface area contributed by atoms with Gasteiger partial charge >= 0.3 is 5.97 Å². The number of halogens is 1. The van der Waals surface area contributed by atoms with E-state index in [0.717, 1.165) is 29.8 Å². The summed E-state index contributed by atoms with van der Waals surface area (Å²) >= 11 is 6.09. The highest BCUT2D eigenvalue weighted by Crippen LogP contribution is 2.26. The van der Waals surface area contributed by atoms with Crippen LogP contribution in [0, 0.1) is 6.92 Å². The highest BCUT2D eigenvalue weighted by atomic mass is 35.5. The summed E-state index contributed by atoms with van der Waals surface area (Å²) in [6.07, 6.45) is 1.65. The monoisotopic (exact) mass is 304 g/mol. The van der Waals surface area contributed by atoms with Crippen molar-refractivity contribution in [2.75, 3.05) is 5.32 Å². The van der Waals surface area contributed by atoms with Crippen LogP contribution in [0.3, 0.4) is 0 Å². The number of aromatic nitrogens is 1. The Hall–Kier alpha value is -2.07. The van der Waals surface area contributed by atoms with Crippen molar-refractivity contribution in [2.24, 2.45) is 0 Å². The van der Waals surface area contributed by atoms with Crippen LogP contribution in [0.15, 0.2) is 30.3 Å². The summed E-state index contributed by atoms with van der Waals surface area (Å²) in [5, 5.41) is 13.0. The summed E-state index contributed by atoms with van der Waals surface area (Å²) < 4.78 is 0. The van der Waals surface area contributed by atoms with Crippen molar-refractivity contribution in [3.63, 3.8) is 0 Å². The van der Waals surface area contributed by atoms with Crippen LogP contribution >= 0.6 is 11.6 Å². The Morgan fingerprint density at radius 1 is 1.38 bits per heavy atom. The summed E-state index contributed by atoms with van der Waals surface area (Å²) in [4.78, 5) is 15.7. The lowest BCUT2D eigenvalue weighted by Crippen LogP contribution is -2.04. The third-order valence-corrected chi connectivity index (χ3v) is 3.57. The second-order valence-corrected chi connectivity index (χ2v) is 5.23. The predicted octanol–water partition coefficient (Wildman–Crippen LogP) is 4.44. The Morgan fingerprint density at radius 3 is 2.81 bits per heavy atom. The van der Waals surface area contributed by atoms with Gasteiger partial charge < -0.3 is 10.4 Å². The molecule has 0 unspecified atom stereocenters. The fourth-order valence-electron chi connectivity index (χ4n) is 2.04. The number of hydrogen-bond acceptors (Lipinski definition) is 3. The molecule has 0 aliphatic rings. The number of carbonyl (C=O) groups is 1. The average molecular weight is 305 g/mol. The minimum Gasteiger partial charge on any atom is -0.478 e. The van der Waals surface area contributed by atoms with Crippen LogP contribution in [0.25, 0.3) is 0 Å². The topological polar surface area (TPSA) is 62.2 Å². The maximum Gasteiger partial charge on any atom is 0.335 e. The zero-order chi connectivity index (χ0) is 15.4. The van der Waals surface area contributed by atoms with Crippen molar-refractivity contribution >= 4 is 29.1 Å². The van der Waals surface area contributed by atoms with Gasteiger partial charge in [0.05, 0.1) is 5.56 Å². The van der Waals surface area contributed by atoms with Gasteiger partial charge in [-0.15, -0.1) is 0 Å². The van der Waals surface area contributed by atoms with Crippen molar-refractivity contribution in [3.05, 3.63) is 52.2 Å². The maximum absolute atomic E-state index is 11.2. The molecule has 2 aromatic rings. The standard InChI is InChI=1S/C16H17ClN2O2/c1-3-5-12-8-11(16(20)21)9-15(18-12)19-14-7-4-6-13(17)10(14)2/h4,6-9H,3,5H2,1-2H3,(H,18,19)(H,20,21). The third kappa shape index (κ3) is 3.73. The Bertz CT molecular complexity index is 671. The van der Waals surface area contributed by atoms with Crippen molar-refractivity contribution in [3.8, 4) is 0 Å². The summed E-state index contributed by atoms with van der Waals surface area (Å²) in [5.41, 5.74) is 2.72. The normalized spacial score (nSPS) is 10.4. The largest absolute Gasteiger partial charge is 0.478 e. The molecule has 0 aliphatic heterocycles. The van der Waals surface area contributed by atoms with Crippen LogP contribution in [0.4, 0.5) is 11.5 Å². The molecule has 1 aromatic heterocycles. The second-order valence-electron chi connectivity index (χ2n) is 4.82. The number of pyridine rings is 1. The molecule has 1 heterocycles. The van der Waals surface area contributed by atoms with Crippen LogP contribution in [-0.4, -0.2) is 16.1 Å². The maximum atomic E-state index is 11.2. The van der Waals surface area contributed by atoms with E-state index in [4.69, 9.17) is 11.6 Å². The minimum atomic E-state index is -0.958. The van der Waals surface area contributed by atoms with Crippen LogP contribution in [0.1, 0.15) is 35.0 Å². The van der Waals surface area contributed by atoms with E-state index in [-0.39, 0.29) is 5.56 Å². The summed E-state index contributed by atoms with van der Waals surface area (Å²) in [7, 11) is 0. The smallest absolute Gasteiger partial charge is 0.335 e. The van der Waals surface area contributed by atoms with Crippen LogP contribution < -0.4 is 5.32 Å². The predicted molar refractivity (Wildman–Crippen MR) is 84.7 cm³/mol. The van der Waals surface area contributed by atoms with Crippen LogP contribution in [0.2, 0.25) is 5.02 Å². The molecule has 2 rings (SSSR count). The van der Waals surface area contributed by atoms with Gasteiger partial charge in [-0.3, -0.25) is 0 Å². The van der Waals surface area contributed by atoms with E-state index in [1.54, 1.807) is 6.07 Å². The number of hydrogen-bond donors (Lipinski definition) is 2. The van der Waals surface area contributed by atoms with Gasteiger partial charge in [0, 0.05) is 16.4 Å². The molecule has 0 fully saturated rings. The molecule has 0 saturated carbocycles. The first-order chi connectivity index (χ1) is 10.0. The molecule has 0 bridgehead atoms. The Balaban J connectivity index is 2.38. The molecule has 2 N–H and O–H groups in total. The third-order valence-electron chi connectivity index (χ3n) is 3.16. The van der Waals surface area contributed by atoms with E-state index < -0.39 is 5.97 Å². The van der Waals surface area contributed by atoms with Gasteiger partial charge in [0.1, 0.15) is 5.82 Å². The van der Waals surface area contributed by atoms with Gasteiger partial charge in [0.15, 0.2) is 0 Å². The van der Waals surface area contributed by atoms with Gasteiger partial charge in [-0.1, -0.05) is 31.0 Å². The average Bonchev–Trinajstić information content (AvgIpc) is 2.44. The first-order valence-electron chi connectivity index (χ1n) is 6.77. The summed E-state index contributed by atoms with van der Waals surface area (Å²) in [6.45, 7) is 3.93. The number of nitrogens with one attached hydrogen (secondary N) is 1. The molecular formula is C16H17ClN2O2. The lowest BCUT2D eigenvalue weighted by Gasteiger charge is -2.12. The Kier molecular flexibility index (Phi) is 4.81. The first-order valence-corrected chi connectivity index (χ1v) is 7.15. The van der Waals surface area contributed by atoms with E-state index in [9.17, 15) is 9.90 Å². The highest BCUT2D eigenvalue weighted by molar-refractivity contribution is 6.31. The van der Waals surface area contributed by atoms with Crippen molar-refractivity contribution in [1.82, 2.24) is 4.98 Å². The lowest BCUT2D eigenvalue weighted by atomic mass is 10.1. The molecule has 0 amide bonds. The van der Waals surface area contributed by atoms with Crippen LogP contribution in [0.5, 0.6) is 0 Å². The van der Waals surface area contributed by atoms with Gasteiger partial charge in [0.2, 0.25) is 0 Å². The number of anilines is 2. The van der Waals surface area contributed by atoms with E-state index in [2.05, 4.69) is 10.3 Å². The number of nitrogens with zero attached hydrogens (tertiary/aromatic N) is 1. The molecule has 0 saturated heterocycles. The summed E-state index contributed by atoms with van der Waals surface area (Å²) in [5.74, 6) is -0.440. The first kappa shape index (κ1) is 15.3. The second kappa shape index (κ2) is 6.59. The summed E-state index contributed by atoms with van der Waals surface area (Å²) in [6, 6.07) is 8.68. The lowest BCUT2D eigenvalue weighted by molar-refractivity contribution is 0.0696. The molecule has 0 atom stereocenters. The SMILES string of the molecule is CCCc1cc(C(=O)O)cc(Nc2cccc(Cl)c2C)n1. The molecule has 0 spiro atoms. The van der Waals surface area contributed by atoms with Gasteiger partial charge in [-0.25, -0.2) is 9.78 Å². The number of carboxylic acid groups (broad SMARTS) is 1. The molecule has 0 aliphatic carbocycles. The molecule has 4 nitrogen and oxygen atoms in total. The number of aromatic carboxylic acids is 1. The van der Waals surface area contributed by atoms with E-state index >= 15 is 0 Å². The fraction of sp³-hybridized carbons (Fsp3) is 0.250. The van der Waals surface area contributed by atoms with Gasteiger partial charge in [-0.05, 0) is 43.2 Å². The molecule has 1 aromatic carbocycles. The van der Waals surface area contributed by atoms with E-state index in [1.165, 1.54) is 6.07 Å². The van der Waals surface area contributed by atoms with Crippen molar-refractivity contribution in [2.45, 2.75) is 26.7 Å². The molecule has 0 radical (unpaired) electrons. The van der Waals surface area contributed by atoms with Gasteiger partial charge in [0.25, 0.3) is 0 Å². The Morgan fingerprint density at radius 2 is 2.14 bits per heavy atom. The molecule has 21 heavy (non-hydrogen) atoms. The number of rotatable bonds is 5. The number of benzene rings is 1. The highest BCUT2D eigenvalue weighted by Gasteiger charge is 2.10. The minimum absolute atomic E-state index is 0.232. The van der Waals surface area contributed by atoms with Crippen molar-refractivity contribution in [1.29, 1.82) is 0 Å². The van der Waals surface area contributed by atoms with E-state index in [1.807, 2.05) is 32.0 Å². The number of aryl methyl sites for hydroxylation is 1. The molecule has 5 heteroatoms. The zero-order valence-corrected chi connectivity index (χ0v) is 12.7. The van der Waals surface area contributed by atoms with E-state index in [0.29, 0.717) is 10.8 Å².